The second-order valence-corrected chi connectivity index (χ2v) is 9.72. The van der Waals surface area contributed by atoms with E-state index in [2.05, 4.69) is 40.2 Å². The van der Waals surface area contributed by atoms with Gasteiger partial charge in [0.15, 0.2) is 0 Å². The Kier molecular flexibility index (Phi) is 8.52. The molecule has 0 aliphatic carbocycles. The molecule has 3 aromatic rings. The lowest BCUT2D eigenvalue weighted by Gasteiger charge is -2.41. The number of ether oxygens (including phenoxy) is 1. The average Bonchev–Trinajstić information content (AvgIpc) is 2.90. The van der Waals surface area contributed by atoms with Crippen LogP contribution < -0.4 is 4.74 Å². The number of aromatic nitrogens is 1. The summed E-state index contributed by atoms with van der Waals surface area (Å²) in [7, 11) is 1.65. The number of rotatable bonds is 11. The number of aryl methyl sites for hydroxylation is 2. The Hall–Kier alpha value is -2.50. The van der Waals surface area contributed by atoms with Crippen LogP contribution in [0.1, 0.15) is 48.8 Å². The van der Waals surface area contributed by atoms with Gasteiger partial charge in [0.1, 0.15) is 12.4 Å². The maximum absolute atomic E-state index is 13.8. The summed E-state index contributed by atoms with van der Waals surface area (Å²) >= 11 is 0. The van der Waals surface area contributed by atoms with Crippen molar-refractivity contribution in [1.29, 1.82) is 0 Å². The zero-order valence-corrected chi connectivity index (χ0v) is 20.3. The van der Waals surface area contributed by atoms with E-state index in [1.54, 1.807) is 13.3 Å². The van der Waals surface area contributed by atoms with Gasteiger partial charge < -0.3 is 14.7 Å². The molecule has 1 aromatic heterocycles. The Balaban J connectivity index is 1.32. The number of fused-ring (bicyclic) bond motifs is 1. The summed E-state index contributed by atoms with van der Waals surface area (Å²) in [5.41, 5.74) is 3.93. The van der Waals surface area contributed by atoms with E-state index in [1.165, 1.54) is 12.0 Å². The van der Waals surface area contributed by atoms with E-state index in [9.17, 15) is 9.50 Å². The predicted molar refractivity (Wildman–Crippen MR) is 136 cm³/mol. The summed E-state index contributed by atoms with van der Waals surface area (Å²) in [5, 5.41) is 11.3. The van der Waals surface area contributed by atoms with Crippen LogP contribution in [-0.4, -0.2) is 48.3 Å². The highest BCUT2D eigenvalue weighted by Gasteiger charge is 2.33. The molecular formula is C29H37FN2O2. The number of hydrogen-bond acceptors (Lipinski definition) is 4. The molecule has 1 N–H and O–H groups in total. The van der Waals surface area contributed by atoms with Crippen LogP contribution in [0.15, 0.2) is 54.7 Å². The number of halogens is 1. The molecule has 1 aliphatic rings. The number of aliphatic hydroxyl groups is 1. The molecule has 0 saturated carbocycles. The SMILES string of the molecule is COc1ccc2ncc(CF)c(CCCC3(CO)CCN(CCCc4ccccc4)CC3)c2c1. The molecular weight excluding hydrogens is 427 g/mol. The summed E-state index contributed by atoms with van der Waals surface area (Å²) in [4.78, 5) is 6.97. The first kappa shape index (κ1) is 24.6. The molecule has 4 nitrogen and oxygen atoms in total. The molecule has 2 heterocycles. The summed E-state index contributed by atoms with van der Waals surface area (Å²) in [6, 6.07) is 16.5. The van der Waals surface area contributed by atoms with E-state index in [4.69, 9.17) is 4.74 Å². The van der Waals surface area contributed by atoms with Crippen LogP contribution >= 0.6 is 0 Å². The molecule has 1 aliphatic heterocycles. The summed E-state index contributed by atoms with van der Waals surface area (Å²) in [6.07, 6.45) is 8.67. The van der Waals surface area contributed by atoms with Gasteiger partial charge in [0, 0.05) is 23.8 Å². The number of aliphatic hydroxyl groups excluding tert-OH is 1. The Bertz CT molecular complexity index is 1040. The minimum Gasteiger partial charge on any atom is -0.497 e. The van der Waals surface area contributed by atoms with Crippen molar-refractivity contribution >= 4 is 10.9 Å². The van der Waals surface area contributed by atoms with Crippen molar-refractivity contribution < 1.29 is 14.2 Å². The van der Waals surface area contributed by atoms with Gasteiger partial charge in [0.2, 0.25) is 0 Å². The third kappa shape index (κ3) is 5.94. The Morgan fingerprint density at radius 2 is 1.85 bits per heavy atom. The molecule has 0 bridgehead atoms. The quantitative estimate of drug-likeness (QED) is 0.393. The molecule has 1 fully saturated rings. The highest BCUT2D eigenvalue weighted by Crippen LogP contribution is 2.37. The van der Waals surface area contributed by atoms with Crippen molar-refractivity contribution in [1.82, 2.24) is 9.88 Å². The Morgan fingerprint density at radius 3 is 2.56 bits per heavy atom. The van der Waals surface area contributed by atoms with Gasteiger partial charge in [-0.2, -0.15) is 0 Å². The minimum atomic E-state index is -0.515. The van der Waals surface area contributed by atoms with E-state index >= 15 is 0 Å². The van der Waals surface area contributed by atoms with Crippen molar-refractivity contribution in [2.75, 3.05) is 33.4 Å². The van der Waals surface area contributed by atoms with E-state index in [0.29, 0.717) is 5.56 Å². The zero-order chi connectivity index (χ0) is 23.8. The topological polar surface area (TPSA) is 45.6 Å². The first-order chi connectivity index (χ1) is 16.7. The molecule has 4 rings (SSSR count). The minimum absolute atomic E-state index is 0.0215. The van der Waals surface area contributed by atoms with Gasteiger partial charge in [0.05, 0.1) is 12.6 Å². The van der Waals surface area contributed by atoms with Crippen LogP contribution in [0.3, 0.4) is 0 Å². The summed E-state index contributed by atoms with van der Waals surface area (Å²) < 4.78 is 19.1. The predicted octanol–water partition coefficient (Wildman–Crippen LogP) is 5.74. The van der Waals surface area contributed by atoms with Gasteiger partial charge in [0.25, 0.3) is 0 Å². The lowest BCUT2D eigenvalue weighted by atomic mass is 9.75. The van der Waals surface area contributed by atoms with E-state index in [0.717, 1.165) is 80.4 Å². The van der Waals surface area contributed by atoms with Crippen molar-refractivity contribution in [3.05, 3.63) is 71.4 Å². The maximum atomic E-state index is 13.8. The second kappa shape index (κ2) is 11.8. The summed E-state index contributed by atoms with van der Waals surface area (Å²) in [5.74, 6) is 0.762. The number of benzene rings is 2. The molecule has 34 heavy (non-hydrogen) atoms. The standard InChI is InChI=1S/C29H37FN2O2/c1-34-25-11-12-28-27(19-25)26(24(20-30)21-31-28)10-5-13-29(22-33)14-17-32(18-15-29)16-6-9-23-7-3-2-4-8-23/h2-4,7-8,11-12,19,21,33H,5-6,9-10,13-18,20,22H2,1H3. The van der Waals surface area contributed by atoms with Crippen molar-refractivity contribution in [2.45, 2.75) is 51.6 Å². The second-order valence-electron chi connectivity index (χ2n) is 9.72. The van der Waals surface area contributed by atoms with Crippen LogP contribution in [0.4, 0.5) is 4.39 Å². The van der Waals surface area contributed by atoms with E-state index < -0.39 is 6.67 Å². The smallest absolute Gasteiger partial charge is 0.119 e. The first-order valence-corrected chi connectivity index (χ1v) is 12.5. The average molecular weight is 465 g/mol. The molecule has 1 saturated heterocycles. The monoisotopic (exact) mass is 464 g/mol. The Labute approximate surface area is 202 Å². The fourth-order valence-corrected chi connectivity index (χ4v) is 5.33. The van der Waals surface area contributed by atoms with Gasteiger partial charge >= 0.3 is 0 Å². The van der Waals surface area contributed by atoms with Crippen molar-refractivity contribution in [3.63, 3.8) is 0 Å². The number of nitrogens with zero attached hydrogens (tertiary/aromatic N) is 2. The molecule has 2 aromatic carbocycles. The maximum Gasteiger partial charge on any atom is 0.119 e. The molecule has 0 spiro atoms. The molecule has 0 amide bonds. The molecule has 0 unspecified atom stereocenters. The van der Waals surface area contributed by atoms with E-state index in [1.807, 2.05) is 18.2 Å². The summed E-state index contributed by atoms with van der Waals surface area (Å²) in [6.45, 7) is 2.91. The van der Waals surface area contributed by atoms with Gasteiger partial charge in [-0.05, 0) is 99.3 Å². The largest absolute Gasteiger partial charge is 0.497 e. The lowest BCUT2D eigenvalue weighted by Crippen LogP contribution is -2.42. The highest BCUT2D eigenvalue weighted by molar-refractivity contribution is 5.84. The van der Waals surface area contributed by atoms with Crippen LogP contribution in [0, 0.1) is 5.41 Å². The Morgan fingerprint density at radius 1 is 1.06 bits per heavy atom. The normalized spacial score (nSPS) is 16.1. The molecule has 5 heteroatoms. The number of hydrogen-bond donors (Lipinski definition) is 1. The van der Waals surface area contributed by atoms with E-state index in [-0.39, 0.29) is 12.0 Å². The fraction of sp³-hybridized carbons (Fsp3) is 0.483. The van der Waals surface area contributed by atoms with Crippen LogP contribution in [-0.2, 0) is 19.5 Å². The third-order valence-corrected chi connectivity index (χ3v) is 7.59. The number of likely N-dealkylation sites (tertiary alicyclic amines) is 1. The van der Waals surface area contributed by atoms with Gasteiger partial charge in [-0.3, -0.25) is 4.98 Å². The number of alkyl halides is 1. The number of methoxy groups -OCH3 is 1. The van der Waals surface area contributed by atoms with Gasteiger partial charge in [-0.25, -0.2) is 4.39 Å². The molecule has 0 radical (unpaired) electrons. The van der Waals surface area contributed by atoms with Crippen molar-refractivity contribution in [3.8, 4) is 5.75 Å². The lowest BCUT2D eigenvalue weighted by molar-refractivity contribution is 0.0353. The number of piperidine rings is 1. The number of pyridine rings is 1. The fourth-order valence-electron chi connectivity index (χ4n) is 5.33. The molecule has 182 valence electrons. The van der Waals surface area contributed by atoms with Gasteiger partial charge in [-0.1, -0.05) is 30.3 Å². The highest BCUT2D eigenvalue weighted by atomic mass is 19.1. The van der Waals surface area contributed by atoms with Crippen LogP contribution in [0.2, 0.25) is 0 Å². The van der Waals surface area contributed by atoms with Gasteiger partial charge in [-0.15, -0.1) is 0 Å². The van der Waals surface area contributed by atoms with Crippen molar-refractivity contribution in [2.24, 2.45) is 5.41 Å². The molecule has 0 atom stereocenters. The van der Waals surface area contributed by atoms with Crippen LogP contribution in [0.5, 0.6) is 5.75 Å². The first-order valence-electron chi connectivity index (χ1n) is 12.5. The zero-order valence-electron chi connectivity index (χ0n) is 20.3. The van der Waals surface area contributed by atoms with Crippen LogP contribution in [0.25, 0.3) is 10.9 Å². The third-order valence-electron chi connectivity index (χ3n) is 7.59.